The molecule has 0 N–H and O–H groups in total. The second kappa shape index (κ2) is 6.86. The maximum atomic E-state index is 5.25. The maximum absolute atomic E-state index is 5.25. The highest BCUT2D eigenvalue weighted by molar-refractivity contribution is 5.49. The van der Waals surface area contributed by atoms with Crippen molar-refractivity contribution in [3.05, 3.63) is 59.7 Å². The Morgan fingerprint density at radius 1 is 0.875 bits per heavy atom. The topological polar surface area (TPSA) is 15.7 Å². The molecule has 24 heavy (non-hydrogen) atoms. The van der Waals surface area contributed by atoms with Gasteiger partial charge in [0.15, 0.2) is 0 Å². The summed E-state index contributed by atoms with van der Waals surface area (Å²) in [7, 11) is 1.72. The number of fused-ring (bicyclic) bond motifs is 1. The smallest absolute Gasteiger partial charge is 0.119 e. The normalized spacial score (nSPS) is 21.4. The second-order valence-electron chi connectivity index (χ2n) is 6.89. The molecule has 2 aromatic carbocycles. The summed E-state index contributed by atoms with van der Waals surface area (Å²) in [6.07, 6.45) is 3.76. The number of benzene rings is 2. The van der Waals surface area contributed by atoms with Crippen LogP contribution in [0.15, 0.2) is 48.5 Å². The van der Waals surface area contributed by atoms with Crippen LogP contribution in [0.5, 0.6) is 5.75 Å². The number of piperazine rings is 1. The van der Waals surface area contributed by atoms with Crippen LogP contribution in [0.3, 0.4) is 0 Å². The number of methoxy groups -OCH3 is 1. The van der Waals surface area contributed by atoms with Gasteiger partial charge in [-0.3, -0.25) is 4.90 Å². The summed E-state index contributed by atoms with van der Waals surface area (Å²) in [6, 6.07) is 18.1. The van der Waals surface area contributed by atoms with Crippen LogP contribution in [0.25, 0.3) is 0 Å². The first-order valence-electron chi connectivity index (χ1n) is 9.03. The molecule has 0 amide bonds. The summed E-state index contributed by atoms with van der Waals surface area (Å²) in [5, 5.41) is 0. The quantitative estimate of drug-likeness (QED) is 0.862. The number of anilines is 1. The molecule has 1 heterocycles. The van der Waals surface area contributed by atoms with E-state index in [1.54, 1.807) is 18.2 Å². The number of nitrogens with zero attached hydrogens (tertiary/aromatic N) is 2. The molecule has 3 heteroatoms. The third-order valence-electron chi connectivity index (χ3n) is 5.59. The van der Waals surface area contributed by atoms with E-state index in [1.165, 1.54) is 38.0 Å². The Labute approximate surface area is 144 Å². The molecule has 1 fully saturated rings. The highest BCUT2D eigenvalue weighted by Crippen LogP contribution is 2.26. The van der Waals surface area contributed by atoms with Crippen LogP contribution in [0.1, 0.15) is 17.5 Å². The molecule has 0 unspecified atom stereocenters. The van der Waals surface area contributed by atoms with E-state index in [0.29, 0.717) is 0 Å². The standard InChI is InChI=1S/C21H26N2O/c1-24-21-10-8-19(9-11-21)22-12-14-23(15-13-22)20-7-6-17-4-2-3-5-18(17)16-20/h2-5,8-11,20H,6-7,12-16H2,1H3/t20-/m1/s1. The van der Waals surface area contributed by atoms with Gasteiger partial charge in [-0.1, -0.05) is 24.3 Å². The lowest BCUT2D eigenvalue weighted by Crippen LogP contribution is -2.51. The fourth-order valence-electron chi connectivity index (χ4n) is 4.13. The molecule has 2 aliphatic rings. The summed E-state index contributed by atoms with van der Waals surface area (Å²) in [5.41, 5.74) is 4.43. The zero-order valence-electron chi connectivity index (χ0n) is 14.4. The molecule has 1 saturated heterocycles. The molecule has 4 rings (SSSR count). The monoisotopic (exact) mass is 322 g/mol. The maximum Gasteiger partial charge on any atom is 0.119 e. The Kier molecular flexibility index (Phi) is 4.44. The molecular weight excluding hydrogens is 296 g/mol. The van der Waals surface area contributed by atoms with Crippen molar-refractivity contribution in [3.63, 3.8) is 0 Å². The van der Waals surface area contributed by atoms with E-state index in [-0.39, 0.29) is 0 Å². The minimum atomic E-state index is 0.720. The van der Waals surface area contributed by atoms with Crippen LogP contribution in [0.2, 0.25) is 0 Å². The first kappa shape index (κ1) is 15.5. The first-order chi connectivity index (χ1) is 11.8. The molecule has 0 spiro atoms. The van der Waals surface area contributed by atoms with E-state index in [0.717, 1.165) is 24.9 Å². The van der Waals surface area contributed by atoms with Gasteiger partial charge in [-0.05, 0) is 54.7 Å². The molecule has 1 aliphatic carbocycles. The number of aryl methyl sites for hydroxylation is 1. The first-order valence-corrected chi connectivity index (χ1v) is 9.03. The predicted molar refractivity (Wildman–Crippen MR) is 99.0 cm³/mol. The van der Waals surface area contributed by atoms with Gasteiger partial charge in [-0.25, -0.2) is 0 Å². The van der Waals surface area contributed by atoms with Crippen molar-refractivity contribution >= 4 is 5.69 Å². The molecule has 2 aromatic rings. The minimum absolute atomic E-state index is 0.720. The number of ether oxygens (including phenoxy) is 1. The van der Waals surface area contributed by atoms with Crippen LogP contribution >= 0.6 is 0 Å². The van der Waals surface area contributed by atoms with E-state index in [4.69, 9.17) is 4.74 Å². The molecule has 1 aliphatic heterocycles. The van der Waals surface area contributed by atoms with Crippen molar-refractivity contribution in [1.82, 2.24) is 4.90 Å². The SMILES string of the molecule is COc1ccc(N2CCN([C@@H]3CCc4ccccc4C3)CC2)cc1. The van der Waals surface area contributed by atoms with Gasteiger partial charge in [0.25, 0.3) is 0 Å². The van der Waals surface area contributed by atoms with Gasteiger partial charge in [-0.15, -0.1) is 0 Å². The van der Waals surface area contributed by atoms with Crippen LogP contribution in [-0.2, 0) is 12.8 Å². The van der Waals surface area contributed by atoms with Crippen molar-refractivity contribution in [2.24, 2.45) is 0 Å². The number of hydrogen-bond acceptors (Lipinski definition) is 3. The van der Waals surface area contributed by atoms with Gasteiger partial charge in [0, 0.05) is 37.9 Å². The Morgan fingerprint density at radius 2 is 1.58 bits per heavy atom. The lowest BCUT2D eigenvalue weighted by molar-refractivity contribution is 0.170. The third kappa shape index (κ3) is 3.13. The van der Waals surface area contributed by atoms with Crippen LogP contribution in [0, 0.1) is 0 Å². The number of hydrogen-bond donors (Lipinski definition) is 0. The van der Waals surface area contributed by atoms with Crippen molar-refractivity contribution in [3.8, 4) is 5.75 Å². The van der Waals surface area contributed by atoms with Gasteiger partial charge in [0.2, 0.25) is 0 Å². The zero-order valence-corrected chi connectivity index (χ0v) is 14.4. The fraction of sp³-hybridized carbons (Fsp3) is 0.429. The van der Waals surface area contributed by atoms with E-state index in [1.807, 2.05) is 0 Å². The zero-order chi connectivity index (χ0) is 16.4. The average molecular weight is 322 g/mol. The average Bonchev–Trinajstić information content (AvgIpc) is 2.68. The van der Waals surface area contributed by atoms with E-state index in [9.17, 15) is 0 Å². The second-order valence-corrected chi connectivity index (χ2v) is 6.89. The Morgan fingerprint density at radius 3 is 2.29 bits per heavy atom. The van der Waals surface area contributed by atoms with Crippen LogP contribution < -0.4 is 9.64 Å². The molecular formula is C21H26N2O. The van der Waals surface area contributed by atoms with E-state index in [2.05, 4.69) is 58.3 Å². The summed E-state index contributed by atoms with van der Waals surface area (Å²) >= 11 is 0. The van der Waals surface area contributed by atoms with Gasteiger partial charge in [0.1, 0.15) is 5.75 Å². The third-order valence-corrected chi connectivity index (χ3v) is 5.59. The Bertz CT molecular complexity index is 674. The Balaban J connectivity index is 1.36. The summed E-state index contributed by atoms with van der Waals surface area (Å²) in [4.78, 5) is 5.20. The van der Waals surface area contributed by atoms with Crippen LogP contribution in [0.4, 0.5) is 5.69 Å². The number of rotatable bonds is 3. The summed E-state index contributed by atoms with van der Waals surface area (Å²) in [6.45, 7) is 4.56. The lowest BCUT2D eigenvalue weighted by Gasteiger charge is -2.42. The molecule has 3 nitrogen and oxygen atoms in total. The lowest BCUT2D eigenvalue weighted by atomic mass is 9.87. The Hall–Kier alpha value is -2.00. The fourth-order valence-corrected chi connectivity index (χ4v) is 4.13. The van der Waals surface area contributed by atoms with Gasteiger partial charge in [0.05, 0.1) is 7.11 Å². The van der Waals surface area contributed by atoms with E-state index < -0.39 is 0 Å². The van der Waals surface area contributed by atoms with Crippen molar-refractivity contribution in [2.75, 3.05) is 38.2 Å². The van der Waals surface area contributed by atoms with Crippen LogP contribution in [-0.4, -0.2) is 44.2 Å². The molecule has 0 radical (unpaired) electrons. The highest BCUT2D eigenvalue weighted by atomic mass is 16.5. The molecule has 0 bridgehead atoms. The van der Waals surface area contributed by atoms with Gasteiger partial charge >= 0.3 is 0 Å². The molecule has 1 atom stereocenters. The molecule has 0 aromatic heterocycles. The van der Waals surface area contributed by atoms with Crippen molar-refractivity contribution in [1.29, 1.82) is 0 Å². The van der Waals surface area contributed by atoms with Gasteiger partial charge < -0.3 is 9.64 Å². The highest BCUT2D eigenvalue weighted by Gasteiger charge is 2.27. The van der Waals surface area contributed by atoms with Gasteiger partial charge in [-0.2, -0.15) is 0 Å². The van der Waals surface area contributed by atoms with E-state index >= 15 is 0 Å². The summed E-state index contributed by atoms with van der Waals surface area (Å²) in [5.74, 6) is 0.929. The minimum Gasteiger partial charge on any atom is -0.497 e. The molecule has 126 valence electrons. The predicted octanol–water partition coefficient (Wildman–Crippen LogP) is 3.37. The summed E-state index contributed by atoms with van der Waals surface area (Å²) < 4.78 is 5.25. The van der Waals surface area contributed by atoms with Crippen molar-refractivity contribution in [2.45, 2.75) is 25.3 Å². The van der Waals surface area contributed by atoms with Crippen molar-refractivity contribution < 1.29 is 4.74 Å². The molecule has 0 saturated carbocycles. The largest absolute Gasteiger partial charge is 0.497 e.